The average molecular weight is 216 g/mol. The van der Waals surface area contributed by atoms with Crippen molar-refractivity contribution in [3.63, 3.8) is 0 Å². The Morgan fingerprint density at radius 3 is 2.12 bits per heavy atom. The van der Waals surface area contributed by atoms with E-state index in [0.717, 1.165) is 6.42 Å². The zero-order valence-corrected chi connectivity index (χ0v) is 11.1. The lowest BCUT2D eigenvalue weighted by atomic mass is 9.85. The number of benzene rings is 1. The second-order valence-corrected chi connectivity index (χ2v) is 5.50. The van der Waals surface area contributed by atoms with E-state index in [9.17, 15) is 0 Å². The molecule has 1 rings (SSSR count). The molecule has 0 aliphatic rings. The summed E-state index contributed by atoms with van der Waals surface area (Å²) in [4.78, 5) is 0. The minimum absolute atomic E-state index is 0.249. The maximum Gasteiger partial charge on any atom is -0.0130 e. The van der Waals surface area contributed by atoms with Gasteiger partial charge in [-0.05, 0) is 35.3 Å². The van der Waals surface area contributed by atoms with Crippen molar-refractivity contribution >= 4 is 0 Å². The van der Waals surface area contributed by atoms with Gasteiger partial charge in [0.05, 0.1) is 0 Å². The molecular formula is C16H24. The molecule has 16 heavy (non-hydrogen) atoms. The highest BCUT2D eigenvalue weighted by Crippen LogP contribution is 2.27. The van der Waals surface area contributed by atoms with Crippen LogP contribution in [0.4, 0.5) is 0 Å². The van der Waals surface area contributed by atoms with Crippen LogP contribution in [0.3, 0.4) is 0 Å². The van der Waals surface area contributed by atoms with E-state index < -0.39 is 0 Å². The fourth-order valence-electron chi connectivity index (χ4n) is 1.99. The van der Waals surface area contributed by atoms with Gasteiger partial charge in [0.25, 0.3) is 0 Å². The summed E-state index contributed by atoms with van der Waals surface area (Å²) in [6.07, 6.45) is 4.28. The molecule has 0 fully saturated rings. The molecule has 0 amide bonds. The van der Waals surface area contributed by atoms with E-state index in [1.807, 2.05) is 6.08 Å². The number of rotatable bonds is 4. The topological polar surface area (TPSA) is 0 Å². The molecule has 0 spiro atoms. The lowest BCUT2D eigenvalue weighted by Crippen LogP contribution is -2.11. The molecule has 0 aliphatic heterocycles. The molecule has 0 heteroatoms. The van der Waals surface area contributed by atoms with E-state index in [1.165, 1.54) is 17.5 Å². The van der Waals surface area contributed by atoms with Crippen molar-refractivity contribution in [3.8, 4) is 0 Å². The van der Waals surface area contributed by atoms with E-state index in [4.69, 9.17) is 0 Å². The van der Waals surface area contributed by atoms with Crippen molar-refractivity contribution in [1.29, 1.82) is 0 Å². The summed E-state index contributed by atoms with van der Waals surface area (Å²) >= 11 is 0. The molecule has 0 bridgehead atoms. The summed E-state index contributed by atoms with van der Waals surface area (Å²) in [7, 11) is 0. The number of hydrogen-bond donors (Lipinski definition) is 0. The van der Waals surface area contributed by atoms with Crippen molar-refractivity contribution < 1.29 is 0 Å². The molecule has 1 unspecified atom stereocenters. The molecule has 0 radical (unpaired) electrons. The van der Waals surface area contributed by atoms with Gasteiger partial charge in [-0.25, -0.2) is 0 Å². The van der Waals surface area contributed by atoms with E-state index in [2.05, 4.69) is 58.5 Å². The van der Waals surface area contributed by atoms with Gasteiger partial charge in [-0.15, -0.1) is 6.58 Å². The molecule has 0 saturated carbocycles. The van der Waals surface area contributed by atoms with Crippen LogP contribution in [0.25, 0.3) is 0 Å². The zero-order chi connectivity index (χ0) is 12.2. The summed E-state index contributed by atoms with van der Waals surface area (Å²) in [5, 5.41) is 0. The van der Waals surface area contributed by atoms with Gasteiger partial charge in [0.15, 0.2) is 0 Å². The van der Waals surface area contributed by atoms with Gasteiger partial charge >= 0.3 is 0 Å². The zero-order valence-electron chi connectivity index (χ0n) is 11.1. The predicted octanol–water partition coefficient (Wildman–Crippen LogP) is 5.05. The van der Waals surface area contributed by atoms with Gasteiger partial charge in [0, 0.05) is 0 Å². The quantitative estimate of drug-likeness (QED) is 0.617. The molecule has 0 aliphatic carbocycles. The minimum atomic E-state index is 0.249. The van der Waals surface area contributed by atoms with E-state index in [0.29, 0.717) is 5.92 Å². The second-order valence-electron chi connectivity index (χ2n) is 5.50. The highest BCUT2D eigenvalue weighted by molar-refractivity contribution is 5.29. The smallest absolute Gasteiger partial charge is 0.0130 e. The van der Waals surface area contributed by atoms with Gasteiger partial charge in [0.2, 0.25) is 0 Å². The van der Waals surface area contributed by atoms with Crippen LogP contribution in [0.2, 0.25) is 0 Å². The maximum absolute atomic E-state index is 3.83. The lowest BCUT2D eigenvalue weighted by Gasteiger charge is -2.20. The van der Waals surface area contributed by atoms with Crippen LogP contribution in [0.5, 0.6) is 0 Å². The molecule has 1 aromatic carbocycles. The van der Waals surface area contributed by atoms with Crippen LogP contribution in [0, 0.1) is 0 Å². The molecule has 0 N–H and O–H groups in total. The molecule has 0 aromatic heterocycles. The van der Waals surface area contributed by atoms with Crippen molar-refractivity contribution in [2.75, 3.05) is 0 Å². The standard InChI is InChI=1S/C16H24/c1-6-8-13(7-2)14-9-11-15(12-10-14)16(3,4)5/h6,9-13H,1,7-8H2,2-5H3. The molecule has 1 aromatic rings. The third kappa shape index (κ3) is 3.23. The molecule has 0 nitrogen and oxygen atoms in total. The third-order valence-corrected chi connectivity index (χ3v) is 3.19. The minimum Gasteiger partial charge on any atom is -0.103 e. The molecule has 88 valence electrons. The summed E-state index contributed by atoms with van der Waals surface area (Å²) in [6.45, 7) is 12.8. The Morgan fingerprint density at radius 1 is 1.19 bits per heavy atom. The van der Waals surface area contributed by atoms with E-state index in [1.54, 1.807) is 0 Å². The van der Waals surface area contributed by atoms with Gasteiger partial charge in [-0.2, -0.15) is 0 Å². The van der Waals surface area contributed by atoms with Crippen LogP contribution < -0.4 is 0 Å². The first-order valence-electron chi connectivity index (χ1n) is 6.20. The number of hydrogen-bond acceptors (Lipinski definition) is 0. The highest BCUT2D eigenvalue weighted by atomic mass is 14.2. The Hall–Kier alpha value is -1.04. The van der Waals surface area contributed by atoms with Gasteiger partial charge in [0.1, 0.15) is 0 Å². The fourth-order valence-corrected chi connectivity index (χ4v) is 1.99. The SMILES string of the molecule is C=CCC(CC)c1ccc(C(C)(C)C)cc1. The van der Waals surface area contributed by atoms with E-state index in [-0.39, 0.29) is 5.41 Å². The Balaban J connectivity index is 2.89. The monoisotopic (exact) mass is 216 g/mol. The normalized spacial score (nSPS) is 13.5. The molecule has 0 heterocycles. The van der Waals surface area contributed by atoms with Gasteiger partial charge in [-0.3, -0.25) is 0 Å². The van der Waals surface area contributed by atoms with Crippen LogP contribution in [0.15, 0.2) is 36.9 Å². The van der Waals surface area contributed by atoms with E-state index >= 15 is 0 Å². The van der Waals surface area contributed by atoms with Crippen LogP contribution in [-0.4, -0.2) is 0 Å². The average Bonchev–Trinajstić information content (AvgIpc) is 2.25. The Bertz CT molecular complexity index is 324. The summed E-state index contributed by atoms with van der Waals surface area (Å²) in [5.41, 5.74) is 3.10. The van der Waals surface area contributed by atoms with Crippen LogP contribution in [-0.2, 0) is 5.41 Å². The summed E-state index contributed by atoms with van der Waals surface area (Å²) in [6, 6.07) is 9.08. The first-order valence-corrected chi connectivity index (χ1v) is 6.20. The Morgan fingerprint density at radius 2 is 1.75 bits per heavy atom. The fraction of sp³-hybridized carbons (Fsp3) is 0.500. The van der Waals surface area contributed by atoms with Crippen molar-refractivity contribution in [3.05, 3.63) is 48.0 Å². The van der Waals surface area contributed by atoms with Gasteiger partial charge in [-0.1, -0.05) is 58.0 Å². The molecule has 0 saturated heterocycles. The maximum atomic E-state index is 3.83. The van der Waals surface area contributed by atoms with Crippen molar-refractivity contribution in [2.24, 2.45) is 0 Å². The predicted molar refractivity (Wildman–Crippen MR) is 73.0 cm³/mol. The molecule has 1 atom stereocenters. The van der Waals surface area contributed by atoms with Crippen molar-refractivity contribution in [2.45, 2.75) is 51.9 Å². The lowest BCUT2D eigenvalue weighted by molar-refractivity contribution is 0.588. The highest BCUT2D eigenvalue weighted by Gasteiger charge is 2.14. The Labute approximate surface area is 100 Å². The van der Waals surface area contributed by atoms with Gasteiger partial charge < -0.3 is 0 Å². The molecular weight excluding hydrogens is 192 g/mol. The summed E-state index contributed by atoms with van der Waals surface area (Å²) in [5.74, 6) is 0.631. The largest absolute Gasteiger partial charge is 0.103 e. The first kappa shape index (κ1) is 13.0. The second kappa shape index (κ2) is 5.34. The van der Waals surface area contributed by atoms with Crippen LogP contribution >= 0.6 is 0 Å². The summed E-state index contributed by atoms with van der Waals surface area (Å²) < 4.78 is 0. The van der Waals surface area contributed by atoms with Crippen molar-refractivity contribution in [1.82, 2.24) is 0 Å². The Kier molecular flexibility index (Phi) is 4.35. The van der Waals surface area contributed by atoms with Crippen LogP contribution in [0.1, 0.15) is 57.6 Å². The first-order chi connectivity index (χ1) is 7.49. The number of allylic oxidation sites excluding steroid dienone is 1. The third-order valence-electron chi connectivity index (χ3n) is 3.19.